The molecule has 0 aliphatic rings. The fourth-order valence-electron chi connectivity index (χ4n) is 1.11. The monoisotopic (exact) mass is 213 g/mol. The van der Waals surface area contributed by atoms with Crippen molar-refractivity contribution in [3.63, 3.8) is 0 Å². The molecule has 16 heavy (non-hydrogen) atoms. The first kappa shape index (κ1) is 10.1. The van der Waals surface area contributed by atoms with Gasteiger partial charge in [-0.25, -0.2) is 14.4 Å². The van der Waals surface area contributed by atoms with Gasteiger partial charge in [0, 0.05) is 11.8 Å². The molecule has 2 aromatic rings. The highest BCUT2D eigenvalue weighted by molar-refractivity contribution is 5.40. The van der Waals surface area contributed by atoms with Gasteiger partial charge in [0.15, 0.2) is 0 Å². The lowest BCUT2D eigenvalue weighted by Crippen LogP contribution is -1.95. The van der Waals surface area contributed by atoms with Crippen molar-refractivity contribution in [3.8, 4) is 11.8 Å². The lowest BCUT2D eigenvalue weighted by molar-refractivity contribution is 0.627. The molecule has 1 aromatic heterocycles. The van der Waals surface area contributed by atoms with Crippen LogP contribution in [0.25, 0.3) is 0 Å². The molecule has 0 saturated carbocycles. The molecule has 0 amide bonds. The van der Waals surface area contributed by atoms with E-state index < -0.39 is 0 Å². The Labute approximate surface area is 92.2 Å². The molecule has 0 fully saturated rings. The van der Waals surface area contributed by atoms with Crippen LogP contribution in [0, 0.1) is 17.7 Å². The smallest absolute Gasteiger partial charge is 0.221 e. The average Bonchev–Trinajstić information content (AvgIpc) is 2.28. The van der Waals surface area contributed by atoms with Crippen LogP contribution in [0.3, 0.4) is 0 Å². The second-order valence-corrected chi connectivity index (χ2v) is 3.06. The van der Waals surface area contributed by atoms with E-state index in [1.165, 1.54) is 18.3 Å². The van der Waals surface area contributed by atoms with Gasteiger partial charge in [-0.15, -0.1) is 0 Å². The molecular weight excluding hydrogens is 205 g/mol. The maximum atomic E-state index is 12.6. The number of nitrogens with zero attached hydrogens (tertiary/aromatic N) is 2. The van der Waals surface area contributed by atoms with Gasteiger partial charge in [-0.05, 0) is 36.3 Å². The van der Waals surface area contributed by atoms with Crippen molar-refractivity contribution in [2.45, 2.75) is 0 Å². The van der Waals surface area contributed by atoms with E-state index in [2.05, 4.69) is 21.8 Å². The minimum absolute atomic E-state index is 0.186. The van der Waals surface area contributed by atoms with Crippen LogP contribution in [0.4, 0.5) is 10.3 Å². The van der Waals surface area contributed by atoms with Gasteiger partial charge in [-0.1, -0.05) is 5.92 Å². The summed E-state index contributed by atoms with van der Waals surface area (Å²) < 4.78 is 12.6. The van der Waals surface area contributed by atoms with Crippen molar-refractivity contribution < 1.29 is 4.39 Å². The number of hydrogen-bond donors (Lipinski definition) is 1. The van der Waals surface area contributed by atoms with Crippen LogP contribution in [0.1, 0.15) is 11.3 Å². The highest BCUT2D eigenvalue weighted by atomic mass is 19.1. The number of aromatic nitrogens is 2. The second-order valence-electron chi connectivity index (χ2n) is 3.06. The summed E-state index contributed by atoms with van der Waals surface area (Å²) in [4.78, 5) is 7.68. The zero-order valence-electron chi connectivity index (χ0n) is 8.31. The first-order valence-electron chi connectivity index (χ1n) is 4.60. The molecule has 0 spiro atoms. The molecule has 0 unspecified atom stereocenters. The van der Waals surface area contributed by atoms with Crippen LogP contribution in [-0.4, -0.2) is 9.97 Å². The average molecular weight is 213 g/mol. The fourth-order valence-corrected chi connectivity index (χ4v) is 1.11. The molecular formula is C12H8FN3. The van der Waals surface area contributed by atoms with Crippen LogP contribution in [-0.2, 0) is 0 Å². The van der Waals surface area contributed by atoms with Gasteiger partial charge < -0.3 is 5.73 Å². The van der Waals surface area contributed by atoms with E-state index in [0.717, 1.165) is 5.56 Å². The zero-order valence-corrected chi connectivity index (χ0v) is 8.31. The molecule has 0 atom stereocenters. The van der Waals surface area contributed by atoms with Crippen LogP contribution in [0.5, 0.6) is 0 Å². The van der Waals surface area contributed by atoms with E-state index in [1.807, 2.05) is 0 Å². The Kier molecular flexibility index (Phi) is 2.79. The largest absolute Gasteiger partial charge is 0.368 e. The zero-order chi connectivity index (χ0) is 11.4. The van der Waals surface area contributed by atoms with E-state index in [0.29, 0.717) is 5.69 Å². The van der Waals surface area contributed by atoms with E-state index in [9.17, 15) is 4.39 Å². The molecule has 78 valence electrons. The Morgan fingerprint density at radius 1 is 1.06 bits per heavy atom. The molecule has 2 rings (SSSR count). The highest BCUT2D eigenvalue weighted by Crippen LogP contribution is 2.01. The van der Waals surface area contributed by atoms with E-state index >= 15 is 0 Å². The topological polar surface area (TPSA) is 51.8 Å². The van der Waals surface area contributed by atoms with Crippen LogP contribution >= 0.6 is 0 Å². The van der Waals surface area contributed by atoms with Crippen LogP contribution in [0.15, 0.2) is 36.5 Å². The molecule has 0 bridgehead atoms. The minimum Gasteiger partial charge on any atom is -0.368 e. The molecule has 1 heterocycles. The van der Waals surface area contributed by atoms with Crippen molar-refractivity contribution in [2.24, 2.45) is 0 Å². The summed E-state index contributed by atoms with van der Waals surface area (Å²) in [5.74, 6) is 5.58. The number of nitrogen functional groups attached to an aromatic ring is 1. The Morgan fingerprint density at radius 2 is 1.81 bits per heavy atom. The summed E-state index contributed by atoms with van der Waals surface area (Å²) in [7, 11) is 0. The van der Waals surface area contributed by atoms with Gasteiger partial charge in [-0.3, -0.25) is 0 Å². The van der Waals surface area contributed by atoms with Gasteiger partial charge in [0.05, 0.1) is 0 Å². The van der Waals surface area contributed by atoms with Gasteiger partial charge >= 0.3 is 0 Å². The van der Waals surface area contributed by atoms with Gasteiger partial charge in [0.1, 0.15) is 11.5 Å². The van der Waals surface area contributed by atoms with Crippen molar-refractivity contribution >= 4 is 5.95 Å². The van der Waals surface area contributed by atoms with Crippen molar-refractivity contribution in [1.82, 2.24) is 9.97 Å². The third-order valence-electron chi connectivity index (χ3n) is 1.85. The summed E-state index contributed by atoms with van der Waals surface area (Å²) in [5.41, 5.74) is 6.67. The highest BCUT2D eigenvalue weighted by Gasteiger charge is 1.91. The summed E-state index contributed by atoms with van der Waals surface area (Å²) in [6.07, 6.45) is 1.54. The molecule has 4 heteroatoms. The lowest BCUT2D eigenvalue weighted by atomic mass is 10.2. The number of anilines is 1. The van der Waals surface area contributed by atoms with Gasteiger partial charge in [-0.2, -0.15) is 0 Å². The number of benzene rings is 1. The first-order chi connectivity index (χ1) is 7.74. The third-order valence-corrected chi connectivity index (χ3v) is 1.85. The van der Waals surface area contributed by atoms with Crippen LogP contribution in [0.2, 0.25) is 0 Å². The molecule has 3 nitrogen and oxygen atoms in total. The summed E-state index contributed by atoms with van der Waals surface area (Å²) in [6.45, 7) is 0. The standard InChI is InChI=1S/C12H8FN3/c13-10-4-1-9(2-5-10)3-6-11-7-8-15-12(14)16-11/h1-2,4-5,7-8H,(H2,14,15,16). The Hall–Kier alpha value is -2.41. The molecule has 1 aromatic carbocycles. The van der Waals surface area contributed by atoms with E-state index in [-0.39, 0.29) is 11.8 Å². The quantitative estimate of drug-likeness (QED) is 0.676. The van der Waals surface area contributed by atoms with E-state index in [1.54, 1.807) is 18.2 Å². The number of rotatable bonds is 0. The van der Waals surface area contributed by atoms with Crippen molar-refractivity contribution in [2.75, 3.05) is 5.73 Å². The number of nitrogens with two attached hydrogens (primary N) is 1. The molecule has 0 aliphatic carbocycles. The first-order valence-corrected chi connectivity index (χ1v) is 4.60. The second kappa shape index (κ2) is 4.41. The normalized spacial score (nSPS) is 9.31. The van der Waals surface area contributed by atoms with Gasteiger partial charge in [0.2, 0.25) is 5.95 Å². The summed E-state index contributed by atoms with van der Waals surface area (Å²) in [5, 5.41) is 0. The maximum absolute atomic E-state index is 12.6. The Bertz CT molecular complexity index is 552. The third kappa shape index (κ3) is 2.55. The van der Waals surface area contributed by atoms with Gasteiger partial charge in [0.25, 0.3) is 0 Å². The molecule has 2 N–H and O–H groups in total. The maximum Gasteiger partial charge on any atom is 0.221 e. The molecule has 0 saturated heterocycles. The Balaban J connectivity index is 2.25. The number of halogens is 1. The minimum atomic E-state index is -0.281. The molecule has 0 aliphatic heterocycles. The SMILES string of the molecule is Nc1nccc(C#Cc2ccc(F)cc2)n1. The number of hydrogen-bond acceptors (Lipinski definition) is 3. The van der Waals surface area contributed by atoms with Crippen molar-refractivity contribution in [1.29, 1.82) is 0 Å². The van der Waals surface area contributed by atoms with Crippen LogP contribution < -0.4 is 5.73 Å². The summed E-state index contributed by atoms with van der Waals surface area (Å²) >= 11 is 0. The summed E-state index contributed by atoms with van der Waals surface area (Å²) in [6, 6.07) is 7.59. The van der Waals surface area contributed by atoms with E-state index in [4.69, 9.17) is 5.73 Å². The Morgan fingerprint density at radius 3 is 2.50 bits per heavy atom. The van der Waals surface area contributed by atoms with Crippen molar-refractivity contribution in [3.05, 3.63) is 53.6 Å². The lowest BCUT2D eigenvalue weighted by Gasteiger charge is -1.91. The predicted octanol–water partition coefficient (Wildman–Crippen LogP) is 1.60. The molecule has 0 radical (unpaired) electrons. The predicted molar refractivity (Wildman–Crippen MR) is 58.8 cm³/mol. The fraction of sp³-hybridized carbons (Fsp3) is 0.